The number of likely N-dealkylation sites (N-methyl/N-ethyl adjacent to an activating group) is 1. The predicted octanol–water partition coefficient (Wildman–Crippen LogP) is 3.38. The molecule has 0 radical (unpaired) electrons. The van der Waals surface area contributed by atoms with E-state index in [4.69, 9.17) is 4.74 Å². The van der Waals surface area contributed by atoms with Crippen molar-refractivity contribution in [1.29, 1.82) is 0 Å². The quantitative estimate of drug-likeness (QED) is 0.808. The number of amides is 1. The van der Waals surface area contributed by atoms with Gasteiger partial charge in [0.2, 0.25) is 0 Å². The second-order valence-corrected chi connectivity index (χ2v) is 6.58. The van der Waals surface area contributed by atoms with Gasteiger partial charge in [-0.1, -0.05) is 44.2 Å². The third kappa shape index (κ3) is 5.02. The number of rotatable bonds is 6. The first-order chi connectivity index (χ1) is 10.6. The predicted molar refractivity (Wildman–Crippen MR) is 88.7 cm³/mol. The first kappa shape index (κ1) is 16.8. The fraction of sp³-hybridized carbons (Fsp3) is 0.611. The third-order valence-electron chi connectivity index (χ3n) is 4.31. The molecule has 1 atom stereocenters. The van der Waals surface area contributed by atoms with Gasteiger partial charge in [0.25, 0.3) is 0 Å². The Morgan fingerprint density at radius 1 is 1.36 bits per heavy atom. The lowest BCUT2D eigenvalue weighted by atomic mass is 10.1. The normalized spacial score (nSPS) is 18.6. The maximum Gasteiger partial charge on any atom is 0.410 e. The minimum Gasteiger partial charge on any atom is -0.445 e. The molecule has 0 aliphatic carbocycles. The Morgan fingerprint density at radius 2 is 2.09 bits per heavy atom. The highest BCUT2D eigenvalue weighted by Gasteiger charge is 2.28. The van der Waals surface area contributed by atoms with Crippen LogP contribution in [-0.2, 0) is 11.3 Å². The van der Waals surface area contributed by atoms with Crippen LogP contribution in [0.15, 0.2) is 30.3 Å². The molecule has 0 bridgehead atoms. The molecule has 1 aliphatic rings. The highest BCUT2D eigenvalue weighted by atomic mass is 16.6. The van der Waals surface area contributed by atoms with E-state index in [1.165, 1.54) is 6.42 Å². The Bertz CT molecular complexity index is 461. The molecule has 0 aromatic heterocycles. The smallest absolute Gasteiger partial charge is 0.410 e. The zero-order valence-corrected chi connectivity index (χ0v) is 14.0. The summed E-state index contributed by atoms with van der Waals surface area (Å²) in [6.07, 6.45) is 2.03. The summed E-state index contributed by atoms with van der Waals surface area (Å²) in [5, 5.41) is 0. The van der Waals surface area contributed by atoms with Crippen LogP contribution in [0.1, 0.15) is 32.3 Å². The lowest BCUT2D eigenvalue weighted by molar-refractivity contribution is 0.0916. The van der Waals surface area contributed by atoms with E-state index in [1.54, 1.807) is 4.90 Å². The molecule has 1 aliphatic heterocycles. The lowest BCUT2D eigenvalue weighted by Gasteiger charge is -2.24. The molecule has 122 valence electrons. The van der Waals surface area contributed by atoms with Crippen LogP contribution in [0, 0.1) is 5.92 Å². The fourth-order valence-corrected chi connectivity index (χ4v) is 2.74. The molecule has 1 fully saturated rings. The van der Waals surface area contributed by atoms with Crippen LogP contribution in [0.4, 0.5) is 4.79 Å². The summed E-state index contributed by atoms with van der Waals surface area (Å²) in [5.74, 6) is 0.729. The van der Waals surface area contributed by atoms with E-state index in [-0.39, 0.29) is 12.1 Å². The van der Waals surface area contributed by atoms with E-state index in [0.29, 0.717) is 6.61 Å². The molecule has 4 nitrogen and oxygen atoms in total. The molecule has 1 unspecified atom stereocenters. The molecule has 0 N–H and O–H groups in total. The summed E-state index contributed by atoms with van der Waals surface area (Å²) in [6.45, 7) is 8.01. The molecular formula is C18H28N2O2. The first-order valence-electron chi connectivity index (χ1n) is 8.22. The van der Waals surface area contributed by atoms with Crippen LogP contribution < -0.4 is 0 Å². The van der Waals surface area contributed by atoms with Crippen molar-refractivity contribution in [3.63, 3.8) is 0 Å². The molecule has 2 rings (SSSR count). The average molecular weight is 304 g/mol. The largest absolute Gasteiger partial charge is 0.445 e. The average Bonchev–Trinajstić information content (AvgIpc) is 2.99. The number of likely N-dealkylation sites (tertiary alicyclic amines) is 1. The third-order valence-corrected chi connectivity index (χ3v) is 4.31. The van der Waals surface area contributed by atoms with Gasteiger partial charge in [-0.25, -0.2) is 4.79 Å². The van der Waals surface area contributed by atoms with Gasteiger partial charge in [0.15, 0.2) is 0 Å². The summed E-state index contributed by atoms with van der Waals surface area (Å²) in [5.41, 5.74) is 1.02. The first-order valence-corrected chi connectivity index (χ1v) is 8.22. The SMILES string of the molecule is CC(C)CCN1CCC(N(C)C(=O)OCc2ccccc2)C1. The van der Waals surface area contributed by atoms with Crippen molar-refractivity contribution in [2.45, 2.75) is 39.3 Å². The number of hydrogen-bond acceptors (Lipinski definition) is 3. The van der Waals surface area contributed by atoms with Crippen LogP contribution in [0.2, 0.25) is 0 Å². The van der Waals surface area contributed by atoms with Crippen molar-refractivity contribution < 1.29 is 9.53 Å². The van der Waals surface area contributed by atoms with E-state index in [1.807, 2.05) is 37.4 Å². The maximum atomic E-state index is 12.2. The lowest BCUT2D eigenvalue weighted by Crippen LogP contribution is -2.39. The Morgan fingerprint density at radius 3 is 2.77 bits per heavy atom. The van der Waals surface area contributed by atoms with Gasteiger partial charge >= 0.3 is 6.09 Å². The number of carbonyl (C=O) groups excluding carboxylic acids is 1. The molecule has 1 aromatic rings. The van der Waals surface area contributed by atoms with Crippen LogP contribution in [-0.4, -0.2) is 48.6 Å². The van der Waals surface area contributed by atoms with Gasteiger partial charge in [0, 0.05) is 26.2 Å². The number of benzene rings is 1. The summed E-state index contributed by atoms with van der Waals surface area (Å²) in [6, 6.07) is 10.1. The van der Waals surface area contributed by atoms with Crippen LogP contribution >= 0.6 is 0 Å². The molecule has 22 heavy (non-hydrogen) atoms. The Labute approximate surface area is 134 Å². The van der Waals surface area contributed by atoms with E-state index >= 15 is 0 Å². The number of nitrogens with zero attached hydrogens (tertiary/aromatic N) is 2. The number of carbonyl (C=O) groups is 1. The van der Waals surface area contributed by atoms with Gasteiger partial charge in [-0.15, -0.1) is 0 Å². The highest BCUT2D eigenvalue weighted by Crippen LogP contribution is 2.17. The Kier molecular flexibility index (Phi) is 6.25. The van der Waals surface area contributed by atoms with Gasteiger partial charge < -0.3 is 14.5 Å². The molecule has 1 aromatic carbocycles. The van der Waals surface area contributed by atoms with E-state index in [9.17, 15) is 4.79 Å². The van der Waals surface area contributed by atoms with Crippen molar-refractivity contribution in [3.05, 3.63) is 35.9 Å². The zero-order valence-electron chi connectivity index (χ0n) is 14.0. The molecular weight excluding hydrogens is 276 g/mol. The molecule has 1 amide bonds. The number of hydrogen-bond donors (Lipinski definition) is 0. The minimum absolute atomic E-state index is 0.223. The molecule has 1 heterocycles. The van der Waals surface area contributed by atoms with Gasteiger partial charge in [-0.3, -0.25) is 0 Å². The fourth-order valence-electron chi connectivity index (χ4n) is 2.74. The van der Waals surface area contributed by atoms with Gasteiger partial charge in [0.1, 0.15) is 6.61 Å². The number of ether oxygens (including phenoxy) is 1. The topological polar surface area (TPSA) is 32.8 Å². The van der Waals surface area contributed by atoms with Crippen molar-refractivity contribution >= 4 is 6.09 Å². The summed E-state index contributed by atoms with van der Waals surface area (Å²) >= 11 is 0. The van der Waals surface area contributed by atoms with Crippen molar-refractivity contribution in [1.82, 2.24) is 9.80 Å². The zero-order chi connectivity index (χ0) is 15.9. The van der Waals surface area contributed by atoms with Crippen molar-refractivity contribution in [3.8, 4) is 0 Å². The summed E-state index contributed by atoms with van der Waals surface area (Å²) < 4.78 is 5.40. The van der Waals surface area contributed by atoms with E-state index < -0.39 is 0 Å². The Hall–Kier alpha value is -1.55. The van der Waals surface area contributed by atoms with Crippen LogP contribution in [0.5, 0.6) is 0 Å². The van der Waals surface area contributed by atoms with E-state index in [2.05, 4.69) is 18.7 Å². The molecule has 0 spiro atoms. The Balaban J connectivity index is 1.74. The molecule has 1 saturated heterocycles. The molecule has 0 saturated carbocycles. The monoisotopic (exact) mass is 304 g/mol. The van der Waals surface area contributed by atoms with Gasteiger partial charge in [-0.2, -0.15) is 0 Å². The van der Waals surface area contributed by atoms with Gasteiger partial charge in [-0.05, 0) is 30.9 Å². The second-order valence-electron chi connectivity index (χ2n) is 6.58. The van der Waals surface area contributed by atoms with Crippen molar-refractivity contribution in [2.75, 3.05) is 26.7 Å². The van der Waals surface area contributed by atoms with E-state index in [0.717, 1.165) is 37.5 Å². The minimum atomic E-state index is -0.223. The van der Waals surface area contributed by atoms with Crippen LogP contribution in [0.25, 0.3) is 0 Å². The summed E-state index contributed by atoms with van der Waals surface area (Å²) in [7, 11) is 1.85. The summed E-state index contributed by atoms with van der Waals surface area (Å²) in [4.78, 5) is 16.4. The molecule has 4 heteroatoms. The maximum absolute atomic E-state index is 12.2. The van der Waals surface area contributed by atoms with Crippen molar-refractivity contribution in [2.24, 2.45) is 5.92 Å². The van der Waals surface area contributed by atoms with Gasteiger partial charge in [0.05, 0.1) is 0 Å². The van der Waals surface area contributed by atoms with Crippen LogP contribution in [0.3, 0.4) is 0 Å². The second kappa shape index (κ2) is 8.18. The standard InChI is InChI=1S/C18H28N2O2/c1-15(2)9-11-20-12-10-17(13-20)19(3)18(21)22-14-16-7-5-4-6-8-16/h4-8,15,17H,9-14H2,1-3H3. The highest BCUT2D eigenvalue weighted by molar-refractivity contribution is 5.67.